The maximum absolute atomic E-state index is 14.0. The number of hydrogen-bond acceptors (Lipinski definition) is 4. The fourth-order valence-electron chi connectivity index (χ4n) is 2.96. The van der Waals surface area contributed by atoms with E-state index in [4.69, 9.17) is 4.74 Å². The second kappa shape index (κ2) is 10.9. The van der Waals surface area contributed by atoms with E-state index in [0.29, 0.717) is 18.4 Å². The van der Waals surface area contributed by atoms with E-state index in [0.717, 1.165) is 5.56 Å². The Morgan fingerprint density at radius 1 is 0.966 bits per heavy atom. The van der Waals surface area contributed by atoms with Gasteiger partial charge in [-0.3, -0.25) is 9.59 Å². The summed E-state index contributed by atoms with van der Waals surface area (Å²) < 4.78 is 18.8. The van der Waals surface area contributed by atoms with Gasteiger partial charge in [0.15, 0.2) is 0 Å². The van der Waals surface area contributed by atoms with Crippen LogP contribution in [0.4, 0.5) is 4.39 Å². The minimum atomic E-state index is -1.02. The van der Waals surface area contributed by atoms with Crippen molar-refractivity contribution >= 4 is 17.8 Å². The molecule has 29 heavy (non-hydrogen) atoms. The highest BCUT2D eigenvalue weighted by atomic mass is 19.1. The Kier molecular flexibility index (Phi) is 8.33. The molecule has 2 amide bonds. The number of rotatable bonds is 9. The number of ether oxygens (including phenoxy) is 1. The lowest BCUT2D eigenvalue weighted by Crippen LogP contribution is -2.52. The van der Waals surface area contributed by atoms with E-state index in [2.05, 4.69) is 10.6 Å². The predicted molar refractivity (Wildman–Crippen MR) is 106 cm³/mol. The van der Waals surface area contributed by atoms with Crippen LogP contribution in [0.25, 0.3) is 0 Å². The number of aryl methyl sites for hydroxylation is 1. The molecular formula is C22H25FN2O4. The number of carbonyl (C=O) groups is 3. The quantitative estimate of drug-likeness (QED) is 0.632. The first-order valence-electron chi connectivity index (χ1n) is 9.33. The Labute approximate surface area is 169 Å². The topological polar surface area (TPSA) is 84.5 Å². The Morgan fingerprint density at radius 3 is 2.24 bits per heavy atom. The monoisotopic (exact) mass is 400 g/mol. The first kappa shape index (κ1) is 22.1. The number of benzene rings is 2. The minimum absolute atomic E-state index is 0.0370. The molecule has 154 valence electrons. The molecule has 0 bridgehead atoms. The molecule has 0 fully saturated rings. The van der Waals surface area contributed by atoms with Crippen molar-refractivity contribution in [3.05, 3.63) is 71.5 Å². The molecular weight excluding hydrogens is 375 g/mol. The van der Waals surface area contributed by atoms with Gasteiger partial charge < -0.3 is 15.4 Å². The Morgan fingerprint density at radius 2 is 1.62 bits per heavy atom. The zero-order chi connectivity index (χ0) is 21.2. The molecule has 6 nitrogen and oxygen atoms in total. The van der Waals surface area contributed by atoms with Crippen LogP contribution >= 0.6 is 0 Å². The lowest BCUT2D eigenvalue weighted by Gasteiger charge is -2.22. The van der Waals surface area contributed by atoms with Crippen molar-refractivity contribution in [2.24, 2.45) is 0 Å². The van der Waals surface area contributed by atoms with Gasteiger partial charge in [-0.15, -0.1) is 0 Å². The number of nitrogens with one attached hydrogen (secondary N) is 2. The zero-order valence-corrected chi connectivity index (χ0v) is 16.5. The Bertz CT molecular complexity index is 842. The maximum atomic E-state index is 14.0. The van der Waals surface area contributed by atoms with Gasteiger partial charge in [-0.05, 0) is 30.0 Å². The van der Waals surface area contributed by atoms with E-state index in [-0.39, 0.29) is 6.42 Å². The predicted octanol–water partition coefficient (Wildman–Crippen LogP) is 2.16. The van der Waals surface area contributed by atoms with Crippen LogP contribution in [-0.2, 0) is 32.0 Å². The summed E-state index contributed by atoms with van der Waals surface area (Å²) in [5.74, 6) is -2.06. The highest BCUT2D eigenvalue weighted by Crippen LogP contribution is 2.11. The van der Waals surface area contributed by atoms with Crippen LogP contribution in [-0.4, -0.2) is 37.0 Å². The molecule has 0 spiro atoms. The van der Waals surface area contributed by atoms with Gasteiger partial charge in [-0.2, -0.15) is 0 Å². The summed E-state index contributed by atoms with van der Waals surface area (Å²) in [7, 11) is 1.24. The molecule has 0 aliphatic rings. The van der Waals surface area contributed by atoms with Crippen LogP contribution in [0.2, 0.25) is 0 Å². The van der Waals surface area contributed by atoms with E-state index < -0.39 is 35.7 Å². The number of esters is 1. The second-order valence-corrected chi connectivity index (χ2v) is 6.66. The fourth-order valence-corrected chi connectivity index (χ4v) is 2.96. The number of halogens is 1. The van der Waals surface area contributed by atoms with Gasteiger partial charge in [0.1, 0.15) is 17.9 Å². The van der Waals surface area contributed by atoms with Crippen molar-refractivity contribution < 1.29 is 23.5 Å². The summed E-state index contributed by atoms with van der Waals surface area (Å²) in [4.78, 5) is 36.5. The molecule has 2 N–H and O–H groups in total. The number of amides is 2. The van der Waals surface area contributed by atoms with Gasteiger partial charge in [0, 0.05) is 13.3 Å². The largest absolute Gasteiger partial charge is 0.467 e. The van der Waals surface area contributed by atoms with E-state index in [1.54, 1.807) is 18.2 Å². The van der Waals surface area contributed by atoms with Crippen LogP contribution in [0, 0.1) is 5.82 Å². The number of methoxy groups -OCH3 is 1. The van der Waals surface area contributed by atoms with Gasteiger partial charge in [-0.25, -0.2) is 9.18 Å². The molecule has 0 heterocycles. The van der Waals surface area contributed by atoms with Crippen molar-refractivity contribution in [1.29, 1.82) is 0 Å². The average Bonchev–Trinajstić information content (AvgIpc) is 2.71. The summed E-state index contributed by atoms with van der Waals surface area (Å²) in [6.07, 6.45) is 0.846. The van der Waals surface area contributed by atoms with Crippen LogP contribution in [0.3, 0.4) is 0 Å². The first-order chi connectivity index (χ1) is 13.9. The molecule has 0 saturated carbocycles. The van der Waals surface area contributed by atoms with Crippen LogP contribution in [0.1, 0.15) is 24.5 Å². The summed E-state index contributed by atoms with van der Waals surface area (Å²) in [6.45, 7) is 1.27. The summed E-state index contributed by atoms with van der Waals surface area (Å²) in [5.41, 5.74) is 1.31. The SMILES string of the molecule is COC(=O)[C@H](CCc1ccccc1)NC(=O)[C@@H](Cc1ccccc1F)NC(C)=O. The zero-order valence-electron chi connectivity index (χ0n) is 16.5. The highest BCUT2D eigenvalue weighted by molar-refractivity contribution is 5.90. The van der Waals surface area contributed by atoms with Gasteiger partial charge in [0.05, 0.1) is 7.11 Å². The van der Waals surface area contributed by atoms with E-state index in [9.17, 15) is 18.8 Å². The van der Waals surface area contributed by atoms with Gasteiger partial charge in [-0.1, -0.05) is 48.5 Å². The molecule has 0 saturated heterocycles. The maximum Gasteiger partial charge on any atom is 0.328 e. The Hall–Kier alpha value is -3.22. The second-order valence-electron chi connectivity index (χ2n) is 6.66. The van der Waals surface area contributed by atoms with Gasteiger partial charge in [0.25, 0.3) is 0 Å². The van der Waals surface area contributed by atoms with Crippen molar-refractivity contribution in [3.63, 3.8) is 0 Å². The minimum Gasteiger partial charge on any atom is -0.467 e. The van der Waals surface area contributed by atoms with Crippen LogP contribution in [0.5, 0.6) is 0 Å². The standard InChI is InChI=1S/C22H25FN2O4/c1-15(26)24-20(14-17-10-6-7-11-18(17)23)21(27)25-19(22(28)29-2)13-12-16-8-4-3-5-9-16/h3-11,19-20H,12-14H2,1-2H3,(H,24,26)(H,25,27)/t19-,20+/m0/s1. The molecule has 2 atom stereocenters. The fraction of sp³-hybridized carbons (Fsp3) is 0.318. The highest BCUT2D eigenvalue weighted by Gasteiger charge is 2.27. The molecule has 0 radical (unpaired) electrons. The summed E-state index contributed by atoms with van der Waals surface area (Å²) >= 11 is 0. The van der Waals surface area contributed by atoms with Crippen LogP contribution in [0.15, 0.2) is 54.6 Å². The van der Waals surface area contributed by atoms with Crippen molar-refractivity contribution in [3.8, 4) is 0 Å². The molecule has 2 aromatic carbocycles. The number of hydrogen-bond donors (Lipinski definition) is 2. The van der Waals surface area contributed by atoms with Crippen LogP contribution < -0.4 is 10.6 Å². The molecule has 2 aromatic rings. The summed E-state index contributed by atoms with van der Waals surface area (Å²) in [6, 6.07) is 13.6. The van der Waals surface area contributed by atoms with Crippen molar-refractivity contribution in [2.75, 3.05) is 7.11 Å². The van der Waals surface area contributed by atoms with E-state index >= 15 is 0 Å². The molecule has 0 aliphatic carbocycles. The third-order valence-electron chi connectivity index (χ3n) is 4.44. The summed E-state index contributed by atoms with van der Waals surface area (Å²) in [5, 5.41) is 5.15. The number of carbonyl (C=O) groups excluding carboxylic acids is 3. The van der Waals surface area contributed by atoms with E-state index in [1.807, 2.05) is 30.3 Å². The molecule has 0 unspecified atom stereocenters. The smallest absolute Gasteiger partial charge is 0.328 e. The first-order valence-corrected chi connectivity index (χ1v) is 9.33. The third-order valence-corrected chi connectivity index (χ3v) is 4.44. The average molecular weight is 400 g/mol. The molecule has 0 aromatic heterocycles. The molecule has 0 aliphatic heterocycles. The Balaban J connectivity index is 2.10. The van der Waals surface area contributed by atoms with Gasteiger partial charge >= 0.3 is 5.97 Å². The van der Waals surface area contributed by atoms with Crippen molar-refractivity contribution in [2.45, 2.75) is 38.3 Å². The van der Waals surface area contributed by atoms with Crippen molar-refractivity contribution in [1.82, 2.24) is 10.6 Å². The molecule has 2 rings (SSSR count). The third kappa shape index (κ3) is 7.03. The van der Waals surface area contributed by atoms with E-state index in [1.165, 1.54) is 20.1 Å². The lowest BCUT2D eigenvalue weighted by atomic mass is 10.0. The normalized spacial score (nSPS) is 12.5. The molecule has 7 heteroatoms. The van der Waals surface area contributed by atoms with Gasteiger partial charge in [0.2, 0.25) is 11.8 Å². The lowest BCUT2D eigenvalue weighted by molar-refractivity contribution is -0.145.